The van der Waals surface area contributed by atoms with Crippen molar-refractivity contribution in [3.63, 3.8) is 0 Å². The zero-order valence-corrected chi connectivity index (χ0v) is 13.8. The molecule has 0 saturated heterocycles. The second-order valence-electron chi connectivity index (χ2n) is 4.51. The third-order valence-electron chi connectivity index (χ3n) is 3.08. The Hall–Kier alpha value is -1.39. The average Bonchev–Trinajstić information content (AvgIpc) is 2.48. The van der Waals surface area contributed by atoms with E-state index in [0.29, 0.717) is 0 Å². The van der Waals surface area contributed by atoms with Crippen molar-refractivity contribution in [1.82, 2.24) is 4.98 Å². The molecule has 2 nitrogen and oxygen atoms in total. The van der Waals surface area contributed by atoms with E-state index < -0.39 is 0 Å². The first kappa shape index (κ1) is 13.6. The molecule has 0 fully saturated rings. The summed E-state index contributed by atoms with van der Waals surface area (Å²) < 4.78 is 2.12. The van der Waals surface area contributed by atoms with E-state index in [0.717, 1.165) is 26.7 Å². The van der Waals surface area contributed by atoms with Gasteiger partial charge in [0.05, 0.1) is 5.52 Å². The zero-order chi connectivity index (χ0) is 13.9. The average molecular weight is 392 g/mol. The second kappa shape index (κ2) is 5.94. The highest BCUT2D eigenvalue weighted by Crippen LogP contribution is 2.26. The van der Waals surface area contributed by atoms with Crippen LogP contribution in [0, 0.1) is 0 Å². The molecule has 0 atom stereocenters. The maximum atomic E-state index is 4.33. The molecule has 0 amide bonds. The minimum absolute atomic E-state index is 0.778. The van der Waals surface area contributed by atoms with Gasteiger partial charge in [0, 0.05) is 32.8 Å². The zero-order valence-electron chi connectivity index (χ0n) is 10.6. The van der Waals surface area contributed by atoms with Crippen molar-refractivity contribution in [2.24, 2.45) is 0 Å². The van der Waals surface area contributed by atoms with E-state index in [2.05, 4.69) is 72.5 Å². The molecule has 3 rings (SSSR count). The van der Waals surface area contributed by atoms with Gasteiger partial charge < -0.3 is 5.32 Å². The van der Waals surface area contributed by atoms with Crippen LogP contribution in [0.3, 0.4) is 0 Å². The lowest BCUT2D eigenvalue weighted by Crippen LogP contribution is -2.00. The number of anilines is 1. The van der Waals surface area contributed by atoms with Crippen LogP contribution >= 0.6 is 31.9 Å². The van der Waals surface area contributed by atoms with Gasteiger partial charge in [0.2, 0.25) is 0 Å². The summed E-state index contributed by atoms with van der Waals surface area (Å²) in [5.74, 6) is 0. The van der Waals surface area contributed by atoms with Crippen LogP contribution in [-0.4, -0.2) is 4.98 Å². The number of hydrogen-bond donors (Lipinski definition) is 1. The van der Waals surface area contributed by atoms with Gasteiger partial charge >= 0.3 is 0 Å². The van der Waals surface area contributed by atoms with Crippen LogP contribution in [0.25, 0.3) is 10.9 Å². The molecular weight excluding hydrogens is 380 g/mol. The summed E-state index contributed by atoms with van der Waals surface area (Å²) in [5, 5.41) is 4.60. The first-order chi connectivity index (χ1) is 9.72. The normalized spacial score (nSPS) is 10.7. The Morgan fingerprint density at radius 3 is 2.80 bits per heavy atom. The van der Waals surface area contributed by atoms with E-state index in [1.54, 1.807) is 0 Å². The number of aromatic nitrogens is 1. The molecule has 3 aromatic rings. The number of nitrogens with one attached hydrogen (secondary N) is 1. The van der Waals surface area contributed by atoms with Crippen molar-refractivity contribution in [3.05, 3.63) is 69.2 Å². The van der Waals surface area contributed by atoms with E-state index in [-0.39, 0.29) is 0 Å². The highest BCUT2D eigenvalue weighted by Gasteiger charge is 2.01. The molecule has 0 aliphatic heterocycles. The summed E-state index contributed by atoms with van der Waals surface area (Å²) in [6.07, 6.45) is 1.82. The van der Waals surface area contributed by atoms with E-state index in [1.165, 1.54) is 10.9 Å². The van der Waals surface area contributed by atoms with Gasteiger partial charge in [-0.15, -0.1) is 0 Å². The Kier molecular flexibility index (Phi) is 4.03. The van der Waals surface area contributed by atoms with Crippen molar-refractivity contribution in [2.75, 3.05) is 5.32 Å². The van der Waals surface area contributed by atoms with Gasteiger partial charge in [-0.25, -0.2) is 0 Å². The van der Waals surface area contributed by atoms with Crippen LogP contribution in [0.4, 0.5) is 5.69 Å². The molecule has 0 spiro atoms. The predicted molar refractivity (Wildman–Crippen MR) is 90.9 cm³/mol. The van der Waals surface area contributed by atoms with Crippen molar-refractivity contribution in [3.8, 4) is 0 Å². The summed E-state index contributed by atoms with van der Waals surface area (Å²) >= 11 is 7.04. The maximum absolute atomic E-state index is 4.33. The summed E-state index contributed by atoms with van der Waals surface area (Å²) in [4.78, 5) is 4.33. The Balaban J connectivity index is 1.81. The number of hydrogen-bond acceptors (Lipinski definition) is 2. The van der Waals surface area contributed by atoms with Crippen LogP contribution < -0.4 is 5.32 Å². The van der Waals surface area contributed by atoms with Gasteiger partial charge in [0.25, 0.3) is 0 Å². The summed E-state index contributed by atoms with van der Waals surface area (Å²) in [6.45, 7) is 0.778. The fourth-order valence-corrected chi connectivity index (χ4v) is 2.81. The predicted octanol–water partition coefficient (Wildman–Crippen LogP) is 5.37. The van der Waals surface area contributed by atoms with E-state index in [1.807, 2.05) is 24.4 Å². The molecule has 0 saturated carbocycles. The van der Waals surface area contributed by atoms with Crippen LogP contribution in [0.15, 0.2) is 63.7 Å². The first-order valence-corrected chi connectivity index (χ1v) is 7.83. The van der Waals surface area contributed by atoms with Gasteiger partial charge in [0.15, 0.2) is 0 Å². The molecule has 0 radical (unpaired) electrons. The molecule has 0 aliphatic rings. The molecule has 0 bridgehead atoms. The maximum Gasteiger partial charge on any atom is 0.0702 e. The quantitative estimate of drug-likeness (QED) is 0.648. The minimum Gasteiger partial charge on any atom is -0.380 e. The Labute approximate surface area is 134 Å². The van der Waals surface area contributed by atoms with Gasteiger partial charge in [-0.1, -0.05) is 28.1 Å². The number of benzene rings is 2. The van der Waals surface area contributed by atoms with Gasteiger partial charge in [-0.05, 0) is 57.9 Å². The molecule has 1 aromatic heterocycles. The largest absolute Gasteiger partial charge is 0.380 e. The number of fused-ring (bicyclic) bond motifs is 1. The minimum atomic E-state index is 0.778. The Morgan fingerprint density at radius 2 is 1.90 bits per heavy atom. The fourth-order valence-electron chi connectivity index (χ4n) is 2.07. The molecule has 2 aromatic carbocycles. The van der Waals surface area contributed by atoms with Crippen LogP contribution in [0.5, 0.6) is 0 Å². The van der Waals surface area contributed by atoms with Crippen molar-refractivity contribution >= 4 is 48.5 Å². The Morgan fingerprint density at radius 1 is 1.00 bits per heavy atom. The molecule has 100 valence electrons. The summed E-state index contributed by atoms with van der Waals surface area (Å²) in [7, 11) is 0. The first-order valence-electron chi connectivity index (χ1n) is 6.25. The summed E-state index contributed by atoms with van der Waals surface area (Å²) in [5.41, 5.74) is 3.34. The number of pyridine rings is 1. The van der Waals surface area contributed by atoms with Crippen molar-refractivity contribution in [2.45, 2.75) is 6.54 Å². The SMILES string of the molecule is Brc1ccc(Br)c(NCc2ccc3ncccc3c2)c1. The third kappa shape index (κ3) is 3.02. The number of nitrogens with zero attached hydrogens (tertiary/aromatic N) is 1. The monoisotopic (exact) mass is 390 g/mol. The molecule has 1 heterocycles. The number of rotatable bonds is 3. The highest BCUT2D eigenvalue weighted by molar-refractivity contribution is 9.11. The number of halogens is 2. The Bertz CT molecular complexity index is 756. The lowest BCUT2D eigenvalue weighted by atomic mass is 10.1. The van der Waals surface area contributed by atoms with Crippen molar-refractivity contribution < 1.29 is 0 Å². The molecule has 20 heavy (non-hydrogen) atoms. The fraction of sp³-hybridized carbons (Fsp3) is 0.0625. The molecule has 1 N–H and O–H groups in total. The smallest absolute Gasteiger partial charge is 0.0702 e. The van der Waals surface area contributed by atoms with Crippen LogP contribution in [0.2, 0.25) is 0 Å². The summed E-state index contributed by atoms with van der Waals surface area (Å²) in [6, 6.07) is 16.5. The van der Waals surface area contributed by atoms with Gasteiger partial charge in [-0.3, -0.25) is 4.98 Å². The topological polar surface area (TPSA) is 24.9 Å². The highest BCUT2D eigenvalue weighted by atomic mass is 79.9. The van der Waals surface area contributed by atoms with Gasteiger partial charge in [-0.2, -0.15) is 0 Å². The van der Waals surface area contributed by atoms with Crippen molar-refractivity contribution in [1.29, 1.82) is 0 Å². The molecule has 0 unspecified atom stereocenters. The van der Waals surface area contributed by atoms with Gasteiger partial charge in [0.1, 0.15) is 0 Å². The van der Waals surface area contributed by atoms with E-state index in [9.17, 15) is 0 Å². The van der Waals surface area contributed by atoms with E-state index >= 15 is 0 Å². The second-order valence-corrected chi connectivity index (χ2v) is 6.28. The molecule has 4 heteroatoms. The van der Waals surface area contributed by atoms with Crippen LogP contribution in [0.1, 0.15) is 5.56 Å². The lowest BCUT2D eigenvalue weighted by molar-refractivity contribution is 1.15. The molecule has 0 aliphatic carbocycles. The lowest BCUT2D eigenvalue weighted by Gasteiger charge is -2.10. The molecular formula is C16H12Br2N2. The van der Waals surface area contributed by atoms with E-state index in [4.69, 9.17) is 0 Å². The third-order valence-corrected chi connectivity index (χ3v) is 4.26. The van der Waals surface area contributed by atoms with Crippen LogP contribution in [-0.2, 0) is 6.54 Å². The standard InChI is InChI=1S/C16H12Br2N2/c17-13-4-5-14(18)16(9-13)20-10-11-3-6-15-12(8-11)2-1-7-19-15/h1-9,20H,10H2.